The van der Waals surface area contributed by atoms with Crippen molar-refractivity contribution < 1.29 is 9.18 Å². The van der Waals surface area contributed by atoms with Crippen molar-refractivity contribution in [3.05, 3.63) is 30.1 Å². The molecular weight excluding hydrogens is 257 g/mol. The Labute approximate surface area is 119 Å². The lowest BCUT2D eigenvalue weighted by Crippen LogP contribution is -2.40. The Morgan fingerprint density at radius 3 is 2.80 bits per heavy atom. The number of halogens is 1. The third-order valence-electron chi connectivity index (χ3n) is 3.81. The average Bonchev–Trinajstić information content (AvgIpc) is 3.25. The van der Waals surface area contributed by atoms with Gasteiger partial charge < -0.3 is 16.0 Å². The van der Waals surface area contributed by atoms with Crippen LogP contribution in [0.1, 0.15) is 19.3 Å². The number of nitrogens with zero attached hydrogens (tertiary/aromatic N) is 1. The van der Waals surface area contributed by atoms with Gasteiger partial charge in [-0.1, -0.05) is 12.1 Å². The highest BCUT2D eigenvalue weighted by Gasteiger charge is 2.32. The SMILES string of the molecule is CN(CCC(=O)Nc1ccccc1F)C(CN)C1CC1. The van der Waals surface area contributed by atoms with Crippen LogP contribution in [0.4, 0.5) is 10.1 Å². The lowest BCUT2D eigenvalue weighted by molar-refractivity contribution is -0.116. The van der Waals surface area contributed by atoms with E-state index >= 15 is 0 Å². The van der Waals surface area contributed by atoms with Crippen LogP contribution in [0, 0.1) is 11.7 Å². The third-order valence-corrected chi connectivity index (χ3v) is 3.81. The molecule has 0 spiro atoms. The van der Waals surface area contributed by atoms with Crippen LogP contribution in [0.25, 0.3) is 0 Å². The number of anilines is 1. The van der Waals surface area contributed by atoms with Gasteiger partial charge in [0.15, 0.2) is 0 Å². The summed E-state index contributed by atoms with van der Waals surface area (Å²) in [6.07, 6.45) is 2.80. The highest BCUT2D eigenvalue weighted by atomic mass is 19.1. The van der Waals surface area contributed by atoms with E-state index in [-0.39, 0.29) is 11.6 Å². The maximum Gasteiger partial charge on any atom is 0.225 e. The molecule has 0 saturated heterocycles. The van der Waals surface area contributed by atoms with Gasteiger partial charge in [-0.2, -0.15) is 0 Å². The van der Waals surface area contributed by atoms with E-state index in [4.69, 9.17) is 5.73 Å². The van der Waals surface area contributed by atoms with E-state index in [0.29, 0.717) is 31.5 Å². The Hall–Kier alpha value is -1.46. The molecule has 4 nitrogen and oxygen atoms in total. The van der Waals surface area contributed by atoms with Crippen LogP contribution >= 0.6 is 0 Å². The van der Waals surface area contributed by atoms with Crippen molar-refractivity contribution in [3.8, 4) is 0 Å². The van der Waals surface area contributed by atoms with Gasteiger partial charge in [0.1, 0.15) is 5.82 Å². The zero-order chi connectivity index (χ0) is 14.5. The molecule has 110 valence electrons. The average molecular weight is 279 g/mol. The van der Waals surface area contributed by atoms with E-state index in [0.717, 1.165) is 0 Å². The number of hydrogen-bond acceptors (Lipinski definition) is 3. The van der Waals surface area contributed by atoms with Gasteiger partial charge in [0.2, 0.25) is 5.91 Å². The number of hydrogen-bond donors (Lipinski definition) is 2. The van der Waals surface area contributed by atoms with Crippen molar-refractivity contribution in [2.75, 3.05) is 25.5 Å². The summed E-state index contributed by atoms with van der Waals surface area (Å²) in [5.74, 6) is 0.0974. The van der Waals surface area contributed by atoms with Gasteiger partial charge in [0.25, 0.3) is 0 Å². The molecule has 1 saturated carbocycles. The predicted molar refractivity (Wildman–Crippen MR) is 77.8 cm³/mol. The number of nitrogens with two attached hydrogens (primary N) is 1. The fraction of sp³-hybridized carbons (Fsp3) is 0.533. The summed E-state index contributed by atoms with van der Waals surface area (Å²) in [5.41, 5.74) is 6.01. The lowest BCUT2D eigenvalue weighted by atomic mass is 10.1. The Morgan fingerprint density at radius 2 is 2.20 bits per heavy atom. The van der Waals surface area contributed by atoms with Gasteiger partial charge in [-0.3, -0.25) is 4.79 Å². The van der Waals surface area contributed by atoms with E-state index in [1.807, 2.05) is 7.05 Å². The number of amides is 1. The van der Waals surface area contributed by atoms with Crippen LogP contribution < -0.4 is 11.1 Å². The molecule has 0 aliphatic heterocycles. The minimum atomic E-state index is -0.410. The number of rotatable bonds is 7. The van der Waals surface area contributed by atoms with Gasteiger partial charge >= 0.3 is 0 Å². The number of carbonyl (C=O) groups is 1. The van der Waals surface area contributed by atoms with E-state index in [9.17, 15) is 9.18 Å². The van der Waals surface area contributed by atoms with Crippen molar-refractivity contribution >= 4 is 11.6 Å². The smallest absolute Gasteiger partial charge is 0.225 e. The predicted octanol–water partition coefficient (Wildman–Crippen LogP) is 1.82. The minimum absolute atomic E-state index is 0.173. The Balaban J connectivity index is 1.78. The number of carbonyl (C=O) groups excluding carboxylic acids is 1. The van der Waals surface area contributed by atoms with Crippen LogP contribution in [-0.2, 0) is 4.79 Å². The third kappa shape index (κ3) is 4.02. The first-order valence-corrected chi connectivity index (χ1v) is 7.06. The Bertz CT molecular complexity index is 462. The number of likely N-dealkylation sites (N-methyl/N-ethyl adjacent to an activating group) is 1. The standard InChI is InChI=1S/C15H22FN3O/c1-19(14(10-17)11-6-7-11)9-8-15(20)18-13-5-3-2-4-12(13)16/h2-5,11,14H,6-10,17H2,1H3,(H,18,20). The first-order valence-electron chi connectivity index (χ1n) is 7.06. The maximum atomic E-state index is 13.4. The molecule has 1 aromatic carbocycles. The molecule has 20 heavy (non-hydrogen) atoms. The number of benzene rings is 1. The summed E-state index contributed by atoms with van der Waals surface area (Å²) >= 11 is 0. The summed E-state index contributed by atoms with van der Waals surface area (Å²) in [6.45, 7) is 1.26. The molecule has 5 heteroatoms. The molecule has 0 radical (unpaired) electrons. The van der Waals surface area contributed by atoms with E-state index in [2.05, 4.69) is 10.2 Å². The summed E-state index contributed by atoms with van der Waals surface area (Å²) in [6, 6.07) is 6.54. The maximum absolute atomic E-state index is 13.4. The highest BCUT2D eigenvalue weighted by Crippen LogP contribution is 2.34. The minimum Gasteiger partial charge on any atom is -0.329 e. The van der Waals surface area contributed by atoms with Crippen LogP contribution in [0.15, 0.2) is 24.3 Å². The number of para-hydroxylation sites is 1. The molecule has 0 aromatic heterocycles. The van der Waals surface area contributed by atoms with Crippen LogP contribution in [-0.4, -0.2) is 37.0 Å². The summed E-state index contributed by atoms with van der Waals surface area (Å²) in [5, 5.41) is 2.60. The molecule has 0 heterocycles. The molecule has 1 aromatic rings. The van der Waals surface area contributed by atoms with Crippen molar-refractivity contribution in [2.24, 2.45) is 11.7 Å². The van der Waals surface area contributed by atoms with Crippen LogP contribution in [0.3, 0.4) is 0 Å². The normalized spacial score (nSPS) is 16.2. The Kier molecular flexibility index (Phi) is 5.09. The molecule has 0 bridgehead atoms. The van der Waals surface area contributed by atoms with Crippen molar-refractivity contribution in [2.45, 2.75) is 25.3 Å². The summed E-state index contributed by atoms with van der Waals surface area (Å²) in [7, 11) is 1.99. The molecule has 1 aliphatic rings. The van der Waals surface area contributed by atoms with Crippen LogP contribution in [0.2, 0.25) is 0 Å². The monoisotopic (exact) mass is 279 g/mol. The lowest BCUT2D eigenvalue weighted by Gasteiger charge is -2.26. The number of nitrogens with one attached hydrogen (secondary N) is 1. The van der Waals surface area contributed by atoms with Crippen molar-refractivity contribution in [3.63, 3.8) is 0 Å². The second-order valence-electron chi connectivity index (χ2n) is 5.40. The van der Waals surface area contributed by atoms with Gasteiger partial charge in [-0.25, -0.2) is 4.39 Å². The molecule has 1 atom stereocenters. The molecular formula is C15H22FN3O. The molecule has 2 rings (SSSR count). The highest BCUT2D eigenvalue weighted by molar-refractivity contribution is 5.90. The van der Waals surface area contributed by atoms with Crippen molar-refractivity contribution in [1.29, 1.82) is 0 Å². The molecule has 1 aliphatic carbocycles. The molecule has 1 amide bonds. The molecule has 1 unspecified atom stereocenters. The van der Waals surface area contributed by atoms with E-state index in [1.54, 1.807) is 18.2 Å². The van der Waals surface area contributed by atoms with E-state index < -0.39 is 5.82 Å². The quantitative estimate of drug-likeness (QED) is 0.800. The second kappa shape index (κ2) is 6.81. The summed E-state index contributed by atoms with van der Waals surface area (Å²) in [4.78, 5) is 14.0. The second-order valence-corrected chi connectivity index (χ2v) is 5.40. The largest absolute Gasteiger partial charge is 0.329 e. The van der Waals surface area contributed by atoms with Crippen molar-refractivity contribution in [1.82, 2.24) is 4.90 Å². The van der Waals surface area contributed by atoms with Gasteiger partial charge in [0, 0.05) is 25.6 Å². The molecule has 1 fully saturated rings. The Morgan fingerprint density at radius 1 is 1.50 bits per heavy atom. The molecule has 3 N–H and O–H groups in total. The fourth-order valence-electron chi connectivity index (χ4n) is 2.43. The zero-order valence-corrected chi connectivity index (χ0v) is 11.8. The van der Waals surface area contributed by atoms with Gasteiger partial charge in [-0.05, 0) is 37.9 Å². The first kappa shape index (κ1) is 14.9. The summed E-state index contributed by atoms with van der Waals surface area (Å²) < 4.78 is 13.4. The van der Waals surface area contributed by atoms with Crippen LogP contribution in [0.5, 0.6) is 0 Å². The van der Waals surface area contributed by atoms with Gasteiger partial charge in [0.05, 0.1) is 5.69 Å². The van der Waals surface area contributed by atoms with Gasteiger partial charge in [-0.15, -0.1) is 0 Å². The van der Waals surface area contributed by atoms with E-state index in [1.165, 1.54) is 18.9 Å². The zero-order valence-electron chi connectivity index (χ0n) is 11.8. The first-order chi connectivity index (χ1) is 9.61. The topological polar surface area (TPSA) is 58.4 Å². The fourth-order valence-corrected chi connectivity index (χ4v) is 2.43.